The van der Waals surface area contributed by atoms with Crippen molar-refractivity contribution in [1.82, 2.24) is 0 Å². The molecule has 2 aromatic carbocycles. The molecule has 0 aromatic heterocycles. The summed E-state index contributed by atoms with van der Waals surface area (Å²) < 4.78 is 0. The van der Waals surface area contributed by atoms with E-state index < -0.39 is 0 Å². The van der Waals surface area contributed by atoms with Crippen LogP contribution < -0.4 is 0 Å². The third kappa shape index (κ3) is 6.58. The Morgan fingerprint density at radius 2 is 1.27 bits per heavy atom. The lowest BCUT2D eigenvalue weighted by molar-refractivity contribution is 0.695. The number of hydrogen-bond donors (Lipinski definition) is 0. The van der Waals surface area contributed by atoms with Crippen LogP contribution in [0.3, 0.4) is 0 Å². The van der Waals surface area contributed by atoms with Crippen molar-refractivity contribution in [3.8, 4) is 0 Å². The van der Waals surface area contributed by atoms with E-state index in [2.05, 4.69) is 74.9 Å². The van der Waals surface area contributed by atoms with E-state index in [-0.39, 0.29) is 23.1 Å². The summed E-state index contributed by atoms with van der Waals surface area (Å²) in [5, 5.41) is 0. The van der Waals surface area contributed by atoms with E-state index >= 15 is 0 Å². The molecule has 0 heterocycles. The summed E-state index contributed by atoms with van der Waals surface area (Å²) in [4.78, 5) is 0. The molecule has 0 aliphatic carbocycles. The number of rotatable bonds is 9. The lowest BCUT2D eigenvalue weighted by Gasteiger charge is -2.18. The van der Waals surface area contributed by atoms with Gasteiger partial charge in [0.05, 0.1) is 0 Å². The molecule has 0 aliphatic heterocycles. The van der Waals surface area contributed by atoms with Crippen LogP contribution in [0.15, 0.2) is 60.7 Å². The molecule has 0 atom stereocenters. The number of hydrogen-bond acceptors (Lipinski definition) is 0. The van der Waals surface area contributed by atoms with Crippen LogP contribution in [0.5, 0.6) is 0 Å². The van der Waals surface area contributed by atoms with Gasteiger partial charge in [-0.15, -0.1) is 0 Å². The summed E-state index contributed by atoms with van der Waals surface area (Å²) in [5.41, 5.74) is 2.88. The molecule has 0 aliphatic rings. The highest BCUT2D eigenvalue weighted by Gasteiger charge is 2.13. The minimum Gasteiger partial charge on any atom is -0.0803 e. The molecule has 0 N–H and O–H groups in total. The molecule has 0 nitrogen and oxygen atoms in total. The van der Waals surface area contributed by atoms with Gasteiger partial charge in [-0.2, -0.15) is 0 Å². The van der Waals surface area contributed by atoms with E-state index in [1.54, 1.807) is 0 Å². The summed E-state index contributed by atoms with van der Waals surface area (Å²) in [6.07, 6.45) is 7.66. The Labute approximate surface area is 153 Å². The van der Waals surface area contributed by atoms with Crippen LogP contribution in [-0.4, -0.2) is 30.3 Å². The first-order chi connectivity index (χ1) is 10.4. The molecule has 0 unspecified atom stereocenters. The third-order valence-corrected chi connectivity index (χ3v) is 4.07. The van der Waals surface area contributed by atoms with Crippen molar-refractivity contribution >= 4 is 30.3 Å². The highest BCUT2D eigenvalue weighted by molar-refractivity contribution is 6.35. The smallest absolute Gasteiger partial charge is 0.0803 e. The maximum Gasteiger partial charge on any atom is 0.109 e. The molecule has 3 radical (unpaired) electrons. The second-order valence-electron chi connectivity index (χ2n) is 5.74. The predicted molar refractivity (Wildman–Crippen MR) is 100.0 cm³/mol. The van der Waals surface area contributed by atoms with Gasteiger partial charge in [-0.05, 0) is 17.5 Å². The molecule has 0 spiro atoms. The first-order valence-corrected chi connectivity index (χ1v) is 8.33. The standard InChI is InChI=1S/C20H26B.Mg/c1-2-3-16-21-17-10-15-20(18-11-6-4-7-12-18)19-13-8-5-9-14-19;/h4-9,11-14,20H,2-3,10,15-17H2,1H3;. The molecule has 0 saturated carbocycles. The molecular weight excluding hydrogens is 275 g/mol. The molecule has 111 valence electrons. The molecule has 22 heavy (non-hydrogen) atoms. The number of unbranched alkanes of at least 4 members (excludes halogenated alkanes) is 1. The molecule has 0 amide bonds. The van der Waals surface area contributed by atoms with Gasteiger partial charge >= 0.3 is 0 Å². The molecule has 0 saturated heterocycles. The van der Waals surface area contributed by atoms with Gasteiger partial charge in [0.1, 0.15) is 7.28 Å². The zero-order valence-corrected chi connectivity index (χ0v) is 15.3. The van der Waals surface area contributed by atoms with Crippen molar-refractivity contribution in [2.24, 2.45) is 0 Å². The van der Waals surface area contributed by atoms with Gasteiger partial charge in [-0.25, -0.2) is 0 Å². The summed E-state index contributed by atoms with van der Waals surface area (Å²) in [7, 11) is 2.47. The van der Waals surface area contributed by atoms with Crippen LogP contribution in [0.2, 0.25) is 12.6 Å². The molecule has 0 bridgehead atoms. The quantitative estimate of drug-likeness (QED) is 0.420. The average molecular weight is 302 g/mol. The van der Waals surface area contributed by atoms with E-state index in [1.165, 1.54) is 49.5 Å². The number of benzene rings is 2. The Morgan fingerprint density at radius 1 is 0.773 bits per heavy atom. The summed E-state index contributed by atoms with van der Waals surface area (Å²) in [5.74, 6) is 0.534. The predicted octanol–water partition coefficient (Wildman–Crippen LogP) is 5.56. The largest absolute Gasteiger partial charge is 0.109 e. The third-order valence-electron chi connectivity index (χ3n) is 4.07. The van der Waals surface area contributed by atoms with Crippen LogP contribution >= 0.6 is 0 Å². The van der Waals surface area contributed by atoms with Crippen molar-refractivity contribution in [2.45, 2.75) is 51.2 Å². The van der Waals surface area contributed by atoms with Crippen molar-refractivity contribution in [3.63, 3.8) is 0 Å². The van der Waals surface area contributed by atoms with Crippen LogP contribution in [0.4, 0.5) is 0 Å². The first kappa shape index (κ1) is 19.3. The maximum absolute atomic E-state index is 2.47. The van der Waals surface area contributed by atoms with Crippen LogP contribution in [0, 0.1) is 0 Å². The minimum absolute atomic E-state index is 0. The van der Waals surface area contributed by atoms with E-state index in [1.807, 2.05) is 0 Å². The Morgan fingerprint density at radius 3 is 1.77 bits per heavy atom. The van der Waals surface area contributed by atoms with E-state index in [4.69, 9.17) is 0 Å². The highest BCUT2D eigenvalue weighted by atomic mass is 24.3. The zero-order valence-electron chi connectivity index (χ0n) is 13.9. The van der Waals surface area contributed by atoms with Gasteiger partial charge in [0.2, 0.25) is 0 Å². The summed E-state index contributed by atoms with van der Waals surface area (Å²) >= 11 is 0. The molecule has 2 rings (SSSR count). The van der Waals surface area contributed by atoms with Crippen LogP contribution in [0.25, 0.3) is 0 Å². The van der Waals surface area contributed by atoms with Crippen LogP contribution in [0.1, 0.15) is 49.7 Å². The fourth-order valence-electron chi connectivity index (χ4n) is 2.86. The van der Waals surface area contributed by atoms with Crippen LogP contribution in [-0.2, 0) is 0 Å². The van der Waals surface area contributed by atoms with E-state index in [0.717, 1.165) is 0 Å². The van der Waals surface area contributed by atoms with Gasteiger partial charge in [0.15, 0.2) is 0 Å². The van der Waals surface area contributed by atoms with Crippen molar-refractivity contribution in [3.05, 3.63) is 71.8 Å². The van der Waals surface area contributed by atoms with Gasteiger partial charge in [-0.1, -0.05) is 99.5 Å². The highest BCUT2D eigenvalue weighted by Crippen LogP contribution is 2.29. The van der Waals surface area contributed by atoms with Crippen molar-refractivity contribution < 1.29 is 0 Å². The van der Waals surface area contributed by atoms with E-state index in [9.17, 15) is 0 Å². The Balaban J connectivity index is 0.00000242. The molecule has 2 aromatic rings. The minimum atomic E-state index is 0. The average Bonchev–Trinajstić information content (AvgIpc) is 2.56. The van der Waals surface area contributed by atoms with Gasteiger partial charge in [0, 0.05) is 29.0 Å². The lowest BCUT2D eigenvalue weighted by atomic mass is 9.67. The monoisotopic (exact) mass is 301 g/mol. The van der Waals surface area contributed by atoms with E-state index in [0.29, 0.717) is 5.92 Å². The Kier molecular flexibility index (Phi) is 10.4. The van der Waals surface area contributed by atoms with Gasteiger partial charge in [-0.3, -0.25) is 0 Å². The zero-order chi connectivity index (χ0) is 14.8. The van der Waals surface area contributed by atoms with Crippen molar-refractivity contribution in [1.29, 1.82) is 0 Å². The Bertz CT molecular complexity index is 444. The van der Waals surface area contributed by atoms with Gasteiger partial charge < -0.3 is 0 Å². The molecule has 0 fully saturated rings. The van der Waals surface area contributed by atoms with Gasteiger partial charge in [0.25, 0.3) is 0 Å². The lowest BCUT2D eigenvalue weighted by Crippen LogP contribution is -2.02. The molecular formula is C20H26BMg. The second kappa shape index (κ2) is 11.8. The topological polar surface area (TPSA) is 0 Å². The maximum atomic E-state index is 2.47. The first-order valence-electron chi connectivity index (χ1n) is 8.33. The fraction of sp³-hybridized carbons (Fsp3) is 0.400. The molecule has 2 heteroatoms. The second-order valence-corrected chi connectivity index (χ2v) is 5.74. The summed E-state index contributed by atoms with van der Waals surface area (Å²) in [6.45, 7) is 2.26. The van der Waals surface area contributed by atoms with Crippen molar-refractivity contribution in [2.75, 3.05) is 0 Å². The normalized spacial score (nSPS) is 10.3. The Hall–Kier alpha value is -0.729. The SMILES string of the molecule is CCCC[B]CCCC(c1ccccc1)c1ccccc1.[Mg]. The fourth-order valence-corrected chi connectivity index (χ4v) is 2.86. The summed E-state index contributed by atoms with van der Waals surface area (Å²) in [6, 6.07) is 21.9.